The molecule has 0 radical (unpaired) electrons. The van der Waals surface area contributed by atoms with Crippen LogP contribution >= 0.6 is 0 Å². The van der Waals surface area contributed by atoms with Gasteiger partial charge in [0.2, 0.25) is 5.91 Å². The molecule has 0 fully saturated rings. The number of carbonyl (C=O) groups is 1. The molecule has 1 heterocycles. The molecule has 3 rings (SSSR count). The number of aryl methyl sites for hydroxylation is 1. The van der Waals surface area contributed by atoms with Gasteiger partial charge in [-0.3, -0.25) is 4.79 Å². The Kier molecular flexibility index (Phi) is 6.39. The molecule has 1 atom stereocenters. The second-order valence-electron chi connectivity index (χ2n) is 6.65. The Morgan fingerprint density at radius 2 is 2.00 bits per heavy atom. The maximum Gasteiger partial charge on any atom is 0.226 e. The quantitative estimate of drug-likeness (QED) is 0.624. The predicted octanol–water partition coefficient (Wildman–Crippen LogP) is 4.38. The van der Waals surface area contributed by atoms with E-state index in [2.05, 4.69) is 21.8 Å². The zero-order valence-corrected chi connectivity index (χ0v) is 15.6. The minimum absolute atomic E-state index is 0.0992. The fourth-order valence-corrected chi connectivity index (χ4v) is 3.04. The van der Waals surface area contributed by atoms with Crippen LogP contribution in [0.5, 0.6) is 0 Å². The van der Waals surface area contributed by atoms with Gasteiger partial charge < -0.3 is 15.6 Å². The Labute approximate surface area is 160 Å². The van der Waals surface area contributed by atoms with Crippen molar-refractivity contribution in [2.45, 2.75) is 38.8 Å². The van der Waals surface area contributed by atoms with E-state index in [-0.39, 0.29) is 18.4 Å². The summed E-state index contributed by atoms with van der Waals surface area (Å²) in [7, 11) is 0. The van der Waals surface area contributed by atoms with E-state index in [1.54, 1.807) is 0 Å². The Hall–Kier alpha value is -2.92. The number of benzene rings is 2. The van der Waals surface area contributed by atoms with Crippen molar-refractivity contribution in [2.75, 3.05) is 5.32 Å². The molecule has 1 amide bonds. The summed E-state index contributed by atoms with van der Waals surface area (Å²) in [5.74, 6) is 0.818. The summed E-state index contributed by atoms with van der Waals surface area (Å²) < 4.78 is 2.15. The van der Waals surface area contributed by atoms with Gasteiger partial charge >= 0.3 is 0 Å². The summed E-state index contributed by atoms with van der Waals surface area (Å²) in [5, 5.41) is 2.95. The summed E-state index contributed by atoms with van der Waals surface area (Å²) in [5.41, 5.74) is 8.85. The fraction of sp³-hybridized carbons (Fsp3) is 0.273. The Morgan fingerprint density at radius 1 is 1.19 bits per heavy atom. The molecule has 0 saturated heterocycles. The largest absolute Gasteiger partial charge is 0.331 e. The molecule has 0 spiro atoms. The van der Waals surface area contributed by atoms with Gasteiger partial charge in [0.05, 0.1) is 0 Å². The highest BCUT2D eigenvalue weighted by atomic mass is 16.1. The number of aromatic nitrogens is 2. The van der Waals surface area contributed by atoms with E-state index in [9.17, 15) is 4.79 Å². The van der Waals surface area contributed by atoms with E-state index in [4.69, 9.17) is 5.73 Å². The number of hydrogen-bond acceptors (Lipinski definition) is 3. The van der Waals surface area contributed by atoms with Crippen molar-refractivity contribution >= 4 is 11.6 Å². The van der Waals surface area contributed by atoms with E-state index < -0.39 is 0 Å². The molecule has 0 bridgehead atoms. The van der Waals surface area contributed by atoms with Crippen LogP contribution in [0.3, 0.4) is 0 Å². The average Bonchev–Trinajstić information content (AvgIpc) is 3.15. The van der Waals surface area contributed by atoms with Crippen LogP contribution in [0.4, 0.5) is 5.69 Å². The number of rotatable bonds is 8. The third-order valence-electron chi connectivity index (χ3n) is 4.51. The van der Waals surface area contributed by atoms with Crippen LogP contribution < -0.4 is 11.1 Å². The van der Waals surface area contributed by atoms with Gasteiger partial charge in [0.15, 0.2) is 0 Å². The normalized spacial score (nSPS) is 11.9. The zero-order chi connectivity index (χ0) is 19.1. The third-order valence-corrected chi connectivity index (χ3v) is 4.51. The molecule has 0 aliphatic rings. The molecular weight excluding hydrogens is 336 g/mol. The van der Waals surface area contributed by atoms with Gasteiger partial charge in [-0.05, 0) is 24.1 Å². The molecule has 0 saturated carbocycles. The molecule has 0 aliphatic carbocycles. The highest BCUT2D eigenvalue weighted by Crippen LogP contribution is 2.22. The Morgan fingerprint density at radius 3 is 2.78 bits per heavy atom. The molecule has 1 aromatic heterocycles. The number of carbonyl (C=O) groups excluding carboxylic acids is 1. The van der Waals surface area contributed by atoms with Crippen LogP contribution in [0.2, 0.25) is 0 Å². The minimum atomic E-state index is -0.317. The van der Waals surface area contributed by atoms with Crippen LogP contribution in [-0.2, 0) is 11.3 Å². The number of anilines is 1. The first kappa shape index (κ1) is 18.9. The van der Waals surface area contributed by atoms with Gasteiger partial charge in [0.1, 0.15) is 5.82 Å². The van der Waals surface area contributed by atoms with Crippen molar-refractivity contribution < 1.29 is 4.79 Å². The van der Waals surface area contributed by atoms with Crippen LogP contribution in [0.1, 0.15) is 37.8 Å². The number of amides is 1. The van der Waals surface area contributed by atoms with Crippen LogP contribution in [0.25, 0.3) is 11.4 Å². The van der Waals surface area contributed by atoms with Gasteiger partial charge in [0.25, 0.3) is 0 Å². The van der Waals surface area contributed by atoms with Crippen LogP contribution in [0, 0.1) is 0 Å². The van der Waals surface area contributed by atoms with Crippen molar-refractivity contribution in [3.05, 3.63) is 72.6 Å². The summed E-state index contributed by atoms with van der Waals surface area (Å²) in [6.07, 6.45) is 6.29. The summed E-state index contributed by atoms with van der Waals surface area (Å²) in [6, 6.07) is 17.1. The molecule has 0 aliphatic heterocycles. The minimum Gasteiger partial charge on any atom is -0.331 e. The molecular formula is C22H26N4O. The second kappa shape index (κ2) is 9.14. The first-order valence-electron chi connectivity index (χ1n) is 9.39. The van der Waals surface area contributed by atoms with Gasteiger partial charge in [-0.2, -0.15) is 0 Å². The lowest BCUT2D eigenvalue weighted by Crippen LogP contribution is -2.20. The highest BCUT2D eigenvalue weighted by Gasteiger charge is 2.12. The van der Waals surface area contributed by atoms with Crippen LogP contribution in [0.15, 0.2) is 67.0 Å². The summed E-state index contributed by atoms with van der Waals surface area (Å²) in [6.45, 7) is 3.11. The monoisotopic (exact) mass is 362 g/mol. The number of nitrogens with two attached hydrogens (primary N) is 1. The predicted molar refractivity (Wildman–Crippen MR) is 109 cm³/mol. The summed E-state index contributed by atoms with van der Waals surface area (Å²) in [4.78, 5) is 16.9. The lowest BCUT2D eigenvalue weighted by molar-refractivity contribution is -0.116. The fourth-order valence-electron chi connectivity index (χ4n) is 3.04. The number of hydrogen-bond donors (Lipinski definition) is 2. The van der Waals surface area contributed by atoms with Crippen molar-refractivity contribution in [1.82, 2.24) is 9.55 Å². The standard InChI is InChI=1S/C22H26N4O/c1-2-3-13-26-14-12-24-22(26)18-10-7-11-19(15-18)25-21(27)16-20(23)17-8-5-4-6-9-17/h4-12,14-15,20H,2-3,13,16,23H2,1H3,(H,25,27). The maximum atomic E-state index is 12.4. The number of imidazole rings is 1. The third kappa shape index (κ3) is 5.05. The van der Waals surface area contributed by atoms with E-state index in [0.717, 1.165) is 42.0 Å². The molecule has 3 aromatic rings. The molecule has 5 heteroatoms. The summed E-state index contributed by atoms with van der Waals surface area (Å²) >= 11 is 0. The lowest BCUT2D eigenvalue weighted by Gasteiger charge is -2.13. The molecule has 140 valence electrons. The number of unbranched alkanes of at least 4 members (excludes halogenated alkanes) is 1. The first-order valence-corrected chi connectivity index (χ1v) is 9.39. The molecule has 3 N–H and O–H groups in total. The van der Waals surface area contributed by atoms with Crippen LogP contribution in [-0.4, -0.2) is 15.5 Å². The van der Waals surface area contributed by atoms with E-state index >= 15 is 0 Å². The zero-order valence-electron chi connectivity index (χ0n) is 15.6. The van der Waals surface area contributed by atoms with Gasteiger partial charge in [-0.15, -0.1) is 0 Å². The highest BCUT2D eigenvalue weighted by molar-refractivity contribution is 5.91. The molecule has 27 heavy (non-hydrogen) atoms. The van der Waals surface area contributed by atoms with Crippen molar-refractivity contribution in [1.29, 1.82) is 0 Å². The second-order valence-corrected chi connectivity index (χ2v) is 6.65. The lowest BCUT2D eigenvalue weighted by atomic mass is 10.0. The van der Waals surface area contributed by atoms with Crippen molar-refractivity contribution in [3.63, 3.8) is 0 Å². The van der Waals surface area contributed by atoms with Crippen molar-refractivity contribution in [2.24, 2.45) is 5.73 Å². The smallest absolute Gasteiger partial charge is 0.226 e. The van der Waals surface area contributed by atoms with E-state index in [1.165, 1.54) is 0 Å². The Balaban J connectivity index is 1.67. The maximum absolute atomic E-state index is 12.4. The average molecular weight is 362 g/mol. The van der Waals surface area contributed by atoms with Crippen molar-refractivity contribution in [3.8, 4) is 11.4 Å². The van der Waals surface area contributed by atoms with E-state index in [1.807, 2.05) is 67.0 Å². The van der Waals surface area contributed by atoms with Gasteiger partial charge in [-0.1, -0.05) is 55.8 Å². The van der Waals surface area contributed by atoms with Gasteiger partial charge in [0, 0.05) is 42.7 Å². The van der Waals surface area contributed by atoms with E-state index in [0.29, 0.717) is 0 Å². The molecule has 1 unspecified atom stereocenters. The topological polar surface area (TPSA) is 72.9 Å². The SMILES string of the molecule is CCCCn1ccnc1-c1cccc(NC(=O)CC(N)c2ccccc2)c1. The van der Waals surface area contributed by atoms with Gasteiger partial charge in [-0.25, -0.2) is 4.98 Å². The number of nitrogens with one attached hydrogen (secondary N) is 1. The first-order chi connectivity index (χ1) is 13.2. The molecule has 5 nitrogen and oxygen atoms in total. The number of nitrogens with zero attached hydrogens (tertiary/aromatic N) is 2. The molecule has 2 aromatic carbocycles. The Bertz CT molecular complexity index is 873.